The molecule has 1 atom stereocenters. The zero-order valence-electron chi connectivity index (χ0n) is 8.22. The second kappa shape index (κ2) is 5.46. The van der Waals surface area contributed by atoms with Gasteiger partial charge >= 0.3 is 6.61 Å². The van der Waals surface area contributed by atoms with Crippen LogP contribution >= 0.6 is 23.2 Å². The highest BCUT2D eigenvalue weighted by molar-refractivity contribution is 6.34. The first-order chi connectivity index (χ1) is 7.41. The van der Waals surface area contributed by atoms with E-state index in [2.05, 4.69) is 4.74 Å². The Kier molecular flexibility index (Phi) is 4.50. The van der Waals surface area contributed by atoms with Crippen LogP contribution < -0.4 is 4.74 Å². The molecule has 2 nitrogen and oxygen atoms in total. The van der Waals surface area contributed by atoms with Crippen molar-refractivity contribution in [3.8, 4) is 5.75 Å². The second-order valence-corrected chi connectivity index (χ2v) is 4.09. The highest BCUT2D eigenvalue weighted by Gasteiger charge is 2.19. The van der Waals surface area contributed by atoms with Crippen LogP contribution in [0.2, 0.25) is 5.02 Å². The van der Waals surface area contributed by atoms with E-state index >= 15 is 0 Å². The summed E-state index contributed by atoms with van der Waals surface area (Å²) in [5.74, 6) is -0.756. The molecule has 0 spiro atoms. The SMILES string of the molecule is CC(Cl)C(=O)c1ccc(Cl)cc1OC(F)F. The van der Waals surface area contributed by atoms with E-state index in [1.807, 2.05) is 0 Å². The fraction of sp³-hybridized carbons (Fsp3) is 0.300. The van der Waals surface area contributed by atoms with Crippen molar-refractivity contribution in [2.45, 2.75) is 18.9 Å². The summed E-state index contributed by atoms with van der Waals surface area (Å²) in [7, 11) is 0. The highest BCUT2D eigenvalue weighted by Crippen LogP contribution is 2.26. The molecule has 0 radical (unpaired) electrons. The minimum atomic E-state index is -3.02. The van der Waals surface area contributed by atoms with Crippen LogP contribution in [0, 0.1) is 0 Å². The van der Waals surface area contributed by atoms with E-state index in [-0.39, 0.29) is 16.3 Å². The van der Waals surface area contributed by atoms with E-state index in [1.165, 1.54) is 19.1 Å². The topological polar surface area (TPSA) is 26.3 Å². The Hall–Kier alpha value is -0.870. The molecule has 16 heavy (non-hydrogen) atoms. The number of alkyl halides is 3. The lowest BCUT2D eigenvalue weighted by Crippen LogP contribution is -2.14. The molecule has 88 valence electrons. The lowest BCUT2D eigenvalue weighted by molar-refractivity contribution is -0.0501. The zero-order valence-corrected chi connectivity index (χ0v) is 9.73. The van der Waals surface area contributed by atoms with Crippen molar-refractivity contribution >= 4 is 29.0 Å². The molecule has 0 fully saturated rings. The minimum Gasteiger partial charge on any atom is -0.434 e. The Morgan fingerprint density at radius 1 is 1.44 bits per heavy atom. The van der Waals surface area contributed by atoms with Gasteiger partial charge in [0.1, 0.15) is 5.75 Å². The van der Waals surface area contributed by atoms with E-state index in [0.29, 0.717) is 0 Å². The molecular formula is C10H8Cl2F2O2. The molecule has 1 rings (SSSR count). The standard InChI is InChI=1S/C10H8Cl2F2O2/c1-5(11)9(15)7-3-2-6(12)4-8(7)16-10(13)14/h2-5,10H,1H3. The summed E-state index contributed by atoms with van der Waals surface area (Å²) in [5.41, 5.74) is -0.00722. The molecule has 0 amide bonds. The quantitative estimate of drug-likeness (QED) is 0.614. The van der Waals surface area contributed by atoms with Crippen LogP contribution in [0.15, 0.2) is 18.2 Å². The first-order valence-corrected chi connectivity index (χ1v) is 5.16. The van der Waals surface area contributed by atoms with Gasteiger partial charge < -0.3 is 4.74 Å². The van der Waals surface area contributed by atoms with E-state index in [9.17, 15) is 13.6 Å². The van der Waals surface area contributed by atoms with Gasteiger partial charge in [-0.2, -0.15) is 8.78 Å². The fourth-order valence-electron chi connectivity index (χ4n) is 1.11. The number of carbonyl (C=O) groups is 1. The normalized spacial score (nSPS) is 12.6. The van der Waals surface area contributed by atoms with Crippen LogP contribution in [0.5, 0.6) is 5.75 Å². The molecule has 0 saturated heterocycles. The van der Waals surface area contributed by atoms with Gasteiger partial charge in [0.2, 0.25) is 0 Å². The third-order valence-corrected chi connectivity index (χ3v) is 2.22. The molecule has 1 unspecified atom stereocenters. The number of hydrogen-bond donors (Lipinski definition) is 0. The van der Waals surface area contributed by atoms with Crippen molar-refractivity contribution in [1.29, 1.82) is 0 Å². The first kappa shape index (κ1) is 13.2. The van der Waals surface area contributed by atoms with Crippen LogP contribution in [-0.2, 0) is 0 Å². The van der Waals surface area contributed by atoms with Crippen molar-refractivity contribution in [3.05, 3.63) is 28.8 Å². The van der Waals surface area contributed by atoms with Crippen molar-refractivity contribution < 1.29 is 18.3 Å². The Bertz CT molecular complexity index is 394. The average molecular weight is 269 g/mol. The van der Waals surface area contributed by atoms with Gasteiger partial charge in [-0.25, -0.2) is 0 Å². The van der Waals surface area contributed by atoms with Crippen molar-refractivity contribution in [3.63, 3.8) is 0 Å². The minimum absolute atomic E-state index is 0.00722. The van der Waals surface area contributed by atoms with Crippen molar-refractivity contribution in [2.24, 2.45) is 0 Å². The molecule has 0 bridgehead atoms. The van der Waals surface area contributed by atoms with Crippen molar-refractivity contribution in [1.82, 2.24) is 0 Å². The summed E-state index contributed by atoms with van der Waals surface area (Å²) < 4.78 is 28.4. The molecule has 1 aromatic rings. The lowest BCUT2D eigenvalue weighted by atomic mass is 10.1. The second-order valence-electron chi connectivity index (χ2n) is 3.00. The number of ether oxygens (including phenoxy) is 1. The summed E-state index contributed by atoms with van der Waals surface area (Å²) >= 11 is 11.2. The van der Waals surface area contributed by atoms with Gasteiger partial charge in [-0.15, -0.1) is 11.6 Å². The fourth-order valence-corrected chi connectivity index (χ4v) is 1.39. The maximum Gasteiger partial charge on any atom is 0.387 e. The van der Waals surface area contributed by atoms with E-state index in [0.717, 1.165) is 6.07 Å². The average Bonchev–Trinajstić information content (AvgIpc) is 2.15. The van der Waals surface area contributed by atoms with E-state index in [4.69, 9.17) is 23.2 Å². The number of Topliss-reactive ketones (excluding diaryl/α,β-unsaturated/α-hetero) is 1. The van der Waals surface area contributed by atoms with Gasteiger partial charge in [0.15, 0.2) is 5.78 Å². The van der Waals surface area contributed by atoms with Gasteiger partial charge in [0, 0.05) is 5.02 Å². The van der Waals surface area contributed by atoms with Crippen LogP contribution in [0.25, 0.3) is 0 Å². The molecule has 6 heteroatoms. The van der Waals surface area contributed by atoms with Gasteiger partial charge in [-0.3, -0.25) is 4.79 Å². The highest BCUT2D eigenvalue weighted by atomic mass is 35.5. The van der Waals surface area contributed by atoms with Gasteiger partial charge in [0.25, 0.3) is 0 Å². The number of ketones is 1. The number of rotatable bonds is 4. The maximum absolute atomic E-state index is 12.1. The molecule has 0 saturated carbocycles. The summed E-state index contributed by atoms with van der Waals surface area (Å²) in [6.45, 7) is -1.57. The molecule has 0 aliphatic rings. The third kappa shape index (κ3) is 3.32. The van der Waals surface area contributed by atoms with Crippen LogP contribution in [0.4, 0.5) is 8.78 Å². The Labute approximate surface area is 101 Å². The van der Waals surface area contributed by atoms with Crippen LogP contribution in [0.3, 0.4) is 0 Å². The summed E-state index contributed by atoms with van der Waals surface area (Å²) in [4.78, 5) is 11.6. The van der Waals surface area contributed by atoms with Crippen molar-refractivity contribution in [2.75, 3.05) is 0 Å². The van der Waals surface area contributed by atoms with Crippen LogP contribution in [-0.4, -0.2) is 17.8 Å². The molecule has 0 heterocycles. The van der Waals surface area contributed by atoms with Gasteiger partial charge in [0.05, 0.1) is 10.9 Å². The first-order valence-electron chi connectivity index (χ1n) is 4.34. The van der Waals surface area contributed by atoms with Gasteiger partial charge in [-0.05, 0) is 25.1 Å². The predicted molar refractivity (Wildman–Crippen MR) is 57.7 cm³/mol. The number of hydrogen-bond acceptors (Lipinski definition) is 2. The largest absolute Gasteiger partial charge is 0.434 e. The molecule has 0 N–H and O–H groups in total. The Morgan fingerprint density at radius 2 is 2.06 bits per heavy atom. The number of carbonyl (C=O) groups excluding carboxylic acids is 1. The monoisotopic (exact) mass is 268 g/mol. The van der Waals surface area contributed by atoms with E-state index < -0.39 is 17.8 Å². The molecule has 0 aliphatic heterocycles. The summed E-state index contributed by atoms with van der Waals surface area (Å²) in [6.07, 6.45) is 0. The predicted octanol–water partition coefficient (Wildman–Crippen LogP) is 3.75. The number of halogens is 4. The van der Waals surface area contributed by atoms with Crippen LogP contribution in [0.1, 0.15) is 17.3 Å². The Balaban J connectivity index is 3.12. The third-order valence-electron chi connectivity index (χ3n) is 1.79. The maximum atomic E-state index is 12.1. The van der Waals surface area contributed by atoms with Gasteiger partial charge in [-0.1, -0.05) is 11.6 Å². The zero-order chi connectivity index (χ0) is 12.3. The number of benzene rings is 1. The lowest BCUT2D eigenvalue weighted by Gasteiger charge is -2.11. The smallest absolute Gasteiger partial charge is 0.387 e. The molecule has 1 aromatic carbocycles. The Morgan fingerprint density at radius 3 is 2.56 bits per heavy atom. The van der Waals surface area contributed by atoms with E-state index in [1.54, 1.807) is 0 Å². The summed E-state index contributed by atoms with van der Waals surface area (Å²) in [5, 5.41) is -0.615. The molecule has 0 aromatic heterocycles. The summed E-state index contributed by atoms with van der Waals surface area (Å²) in [6, 6.07) is 3.87. The molecule has 0 aliphatic carbocycles. The molecular weight excluding hydrogens is 261 g/mol.